The predicted octanol–water partition coefficient (Wildman–Crippen LogP) is 7.55. The Morgan fingerprint density at radius 3 is 2.48 bits per heavy atom. The summed E-state index contributed by atoms with van der Waals surface area (Å²) in [5, 5.41) is 18.3. The van der Waals surface area contributed by atoms with Gasteiger partial charge in [-0.1, -0.05) is 37.3 Å². The Balaban J connectivity index is 0.934. The molecule has 6 heterocycles. The highest BCUT2D eigenvalue weighted by atomic mass is 32.2. The molecule has 60 heavy (non-hydrogen) atoms. The van der Waals surface area contributed by atoms with Crippen LogP contribution in [0.1, 0.15) is 98.9 Å². The zero-order valence-electron chi connectivity index (χ0n) is 34.9. The molecule has 14 nitrogen and oxygen atoms in total. The molecule has 4 bridgehead atoms. The molecule has 4 saturated carbocycles. The minimum Gasteiger partial charge on any atom is -0.755 e. The number of nitrogens with zero attached hydrogens (tertiary/aromatic N) is 8. The van der Waals surface area contributed by atoms with Gasteiger partial charge in [-0.3, -0.25) is 18.4 Å². The second kappa shape index (κ2) is 14.9. The lowest BCUT2D eigenvalue weighted by molar-refractivity contribution is -0.248. The summed E-state index contributed by atoms with van der Waals surface area (Å²) in [6, 6.07) is 11.7. The second-order valence-corrected chi connectivity index (χ2v) is 20.8. The quantitative estimate of drug-likeness (QED) is 0.119. The zero-order chi connectivity index (χ0) is 41.4. The van der Waals surface area contributed by atoms with Gasteiger partial charge in [-0.15, -0.1) is 10.2 Å². The summed E-state index contributed by atoms with van der Waals surface area (Å²) in [4.78, 5) is 27.8. The van der Waals surface area contributed by atoms with Gasteiger partial charge in [-0.05, 0) is 132 Å². The van der Waals surface area contributed by atoms with Crippen LogP contribution in [0.2, 0.25) is 0 Å². The predicted molar refractivity (Wildman–Crippen MR) is 232 cm³/mol. The number of benzene rings is 1. The third kappa shape index (κ3) is 7.31. The van der Waals surface area contributed by atoms with Gasteiger partial charge in [0.05, 0.1) is 28.6 Å². The van der Waals surface area contributed by atoms with Crippen LogP contribution < -0.4 is 14.9 Å². The van der Waals surface area contributed by atoms with E-state index in [-0.39, 0.29) is 27.5 Å². The van der Waals surface area contributed by atoms with Gasteiger partial charge in [0.15, 0.2) is 16.8 Å². The first-order valence-corrected chi connectivity index (χ1v) is 23.3. The largest absolute Gasteiger partial charge is 0.755 e. The van der Waals surface area contributed by atoms with E-state index in [1.165, 1.54) is 32.4 Å². The summed E-state index contributed by atoms with van der Waals surface area (Å²) in [7, 11) is 0. The summed E-state index contributed by atoms with van der Waals surface area (Å²) in [5.41, 5.74) is 5.44. The normalized spacial score (nSPS) is 27.7. The third-order valence-corrected chi connectivity index (χ3v) is 15.3. The number of amides is 1. The lowest BCUT2D eigenvalue weighted by Gasteiger charge is -2.69. The first kappa shape index (κ1) is 39.8. The molecule has 4 aromatic heterocycles. The number of para-hydroxylation sites is 1. The number of fused-ring (bicyclic) bond motifs is 2. The summed E-state index contributed by atoms with van der Waals surface area (Å²) in [5.74, 6) is 0.974. The molecule has 5 fully saturated rings. The van der Waals surface area contributed by atoms with E-state index in [2.05, 4.69) is 43.7 Å². The molecule has 1 saturated heterocycles. The number of ether oxygens (including phenoxy) is 1. The highest BCUT2D eigenvalue weighted by molar-refractivity contribution is 7.77. The first-order valence-electron chi connectivity index (χ1n) is 21.4. The summed E-state index contributed by atoms with van der Waals surface area (Å²) in [6.07, 6.45) is 12.8. The fraction of sp³-hybridized carbons (Fsp3) is 0.545. The van der Waals surface area contributed by atoms with Gasteiger partial charge >= 0.3 is 0 Å². The summed E-state index contributed by atoms with van der Waals surface area (Å²) in [6.45, 7) is 14.5. The minimum absolute atomic E-state index is 0.00505. The van der Waals surface area contributed by atoms with Crippen molar-refractivity contribution < 1.29 is 18.3 Å². The number of nitrogens with one attached hydrogen (secondary N) is 2. The van der Waals surface area contributed by atoms with Gasteiger partial charge in [-0.25, -0.2) is 9.97 Å². The van der Waals surface area contributed by atoms with E-state index in [0.29, 0.717) is 29.6 Å². The molecule has 5 atom stereocenters. The Bertz CT molecular complexity index is 2460. The Hall–Kier alpha value is -4.35. The van der Waals surface area contributed by atoms with Crippen molar-refractivity contribution in [2.75, 3.05) is 43.0 Å². The minimum atomic E-state index is -2.83. The smallest absolute Gasteiger partial charge is 0.281 e. The molecule has 11 rings (SSSR count). The number of rotatable bonds is 12. The Morgan fingerprint density at radius 2 is 1.72 bits per heavy atom. The van der Waals surface area contributed by atoms with E-state index in [0.717, 1.165) is 102 Å². The highest BCUT2D eigenvalue weighted by Crippen LogP contribution is 2.72. The van der Waals surface area contributed by atoms with Crippen molar-refractivity contribution in [2.45, 2.75) is 104 Å². The van der Waals surface area contributed by atoms with Crippen molar-refractivity contribution in [2.24, 2.45) is 16.2 Å². The maximum Gasteiger partial charge on any atom is 0.281 e. The molecular weight excluding hydrogens is 797 g/mol. The average Bonchev–Trinajstić information content (AvgIpc) is 3.94. The Kier molecular flexibility index (Phi) is 9.89. The molecule has 316 valence electrons. The van der Waals surface area contributed by atoms with E-state index in [1.54, 1.807) is 17.5 Å². The fourth-order valence-corrected chi connectivity index (χ4v) is 13.9. The van der Waals surface area contributed by atoms with Crippen molar-refractivity contribution >= 4 is 61.3 Å². The second-order valence-electron chi connectivity index (χ2n) is 19.1. The summed E-state index contributed by atoms with van der Waals surface area (Å²) >= 11 is -1.27. The van der Waals surface area contributed by atoms with Crippen molar-refractivity contribution in [1.29, 1.82) is 0 Å². The number of pyridine rings is 1. The van der Waals surface area contributed by atoms with Gasteiger partial charge in [0.25, 0.3) is 5.91 Å². The van der Waals surface area contributed by atoms with Crippen LogP contribution in [0.4, 0.5) is 22.6 Å². The van der Waals surface area contributed by atoms with E-state index >= 15 is 0 Å². The number of carbonyl (C=O) groups excluding carboxylic acids is 1. The number of likely N-dealkylation sites (tertiary alicyclic amines) is 1. The maximum absolute atomic E-state index is 13.7. The summed E-state index contributed by atoms with van der Waals surface area (Å²) < 4.78 is 35.9. The van der Waals surface area contributed by atoms with E-state index in [4.69, 9.17) is 19.8 Å². The van der Waals surface area contributed by atoms with Crippen LogP contribution in [0.3, 0.4) is 0 Å². The average molecular weight is 850 g/mol. The molecule has 4 aliphatic carbocycles. The molecule has 1 amide bonds. The zero-order valence-corrected chi connectivity index (χ0v) is 36.5. The van der Waals surface area contributed by atoms with Gasteiger partial charge < -0.3 is 24.4 Å². The van der Waals surface area contributed by atoms with Crippen LogP contribution in [0.25, 0.3) is 21.3 Å². The number of aromatic nitrogens is 6. The number of thiazole rings is 1. The van der Waals surface area contributed by atoms with Crippen LogP contribution in [0.5, 0.6) is 0 Å². The van der Waals surface area contributed by atoms with E-state index < -0.39 is 17.2 Å². The van der Waals surface area contributed by atoms with Gasteiger partial charge in [0.2, 0.25) is 0 Å². The van der Waals surface area contributed by atoms with Gasteiger partial charge in [0, 0.05) is 58.8 Å². The molecule has 16 heteroatoms. The van der Waals surface area contributed by atoms with Crippen molar-refractivity contribution in [3.63, 3.8) is 0 Å². The molecule has 2 N–H and O–H groups in total. The topological polar surface area (TPSA) is 166 Å². The lowest BCUT2D eigenvalue weighted by atomic mass is 9.39. The van der Waals surface area contributed by atoms with E-state index in [1.807, 2.05) is 55.1 Å². The molecule has 0 radical (unpaired) electrons. The number of carbonyl (C=O) groups is 1. The lowest BCUT2D eigenvalue weighted by Crippen LogP contribution is -2.64. The number of hydrogen-bond donors (Lipinski definition) is 2. The van der Waals surface area contributed by atoms with Gasteiger partial charge in [-0.2, -0.15) is 5.10 Å². The number of anilines is 4. The fourth-order valence-electron chi connectivity index (χ4n) is 12.8. The van der Waals surface area contributed by atoms with Crippen LogP contribution in [-0.4, -0.2) is 87.9 Å². The highest BCUT2D eigenvalue weighted by Gasteiger charge is 2.66. The molecule has 3 unspecified atom stereocenters. The van der Waals surface area contributed by atoms with E-state index in [9.17, 15) is 13.6 Å². The molecule has 5 aromatic rings. The van der Waals surface area contributed by atoms with Gasteiger partial charge in [0.1, 0.15) is 11.5 Å². The molecular formula is C44H53N10O4S2-. The monoisotopic (exact) mass is 849 g/mol. The molecule has 1 aromatic carbocycles. The third-order valence-electron chi connectivity index (χ3n) is 14.0. The Labute approximate surface area is 357 Å². The number of hydrogen-bond acceptors (Lipinski definition) is 13. The van der Waals surface area contributed by atoms with Crippen LogP contribution >= 0.6 is 11.3 Å². The van der Waals surface area contributed by atoms with Crippen LogP contribution in [0.15, 0.2) is 42.6 Å². The first-order chi connectivity index (χ1) is 28.8. The maximum atomic E-state index is 13.7. The molecule has 0 spiro atoms. The molecule has 6 aliphatic rings. The standard InChI is InChI=1S/C44H54N10O4S2/c1-28-30-10-9-17-53(38(30)50-49-37(28)48-40-46-33-11-5-6-12-34(33)59-40)35-14-13-31(36(47-35)39(55)51-60(56)57)32-20-45-54(29(32)2)27-43-22-41(3)21-42(4,23-43)25-44(24-41,26-43)58-19-18-52-15-7-8-16-52/h5-6,11-14,20H,7-10,15-19,21-27H2,1-4H3,(H,51,55)(H,56,57)(H,46,48,49)/p-1/t41-,42+,43?,44?. The van der Waals surface area contributed by atoms with Crippen LogP contribution in [0, 0.1) is 30.1 Å². The van der Waals surface area contributed by atoms with Crippen molar-refractivity contribution in [3.05, 3.63) is 65.1 Å². The van der Waals surface area contributed by atoms with Crippen LogP contribution in [-0.2, 0) is 29.0 Å². The molecule has 2 aliphatic heterocycles. The Morgan fingerprint density at radius 1 is 0.933 bits per heavy atom. The van der Waals surface area contributed by atoms with Crippen molar-refractivity contribution in [1.82, 2.24) is 39.6 Å². The SMILES string of the molecule is Cc1c(Nc2nc3ccccc3s2)nnc2c1CCCN2c1ccc(-c2cnn(CC34CC5(OCCN6CCCC6)C[C@](C)(C3)C[C@](C)(C4)C5)c2C)c(C(=O)NS(=O)[O-])n1. The van der Waals surface area contributed by atoms with Crippen molar-refractivity contribution in [3.8, 4) is 11.1 Å².